The highest BCUT2D eigenvalue weighted by molar-refractivity contribution is 5.66. The Morgan fingerprint density at radius 3 is 2.40 bits per heavy atom. The van der Waals surface area contributed by atoms with Gasteiger partial charge in [0.25, 0.3) is 0 Å². The van der Waals surface area contributed by atoms with Crippen LogP contribution in [0, 0.1) is 5.92 Å². The minimum atomic E-state index is -0.715. The van der Waals surface area contributed by atoms with Crippen LogP contribution in [0.3, 0.4) is 0 Å². The zero-order valence-electron chi connectivity index (χ0n) is 12.6. The van der Waals surface area contributed by atoms with Crippen molar-refractivity contribution in [1.82, 2.24) is 5.32 Å². The number of aliphatic carboxylic acids is 1. The first-order valence-corrected chi connectivity index (χ1v) is 7.64. The van der Waals surface area contributed by atoms with E-state index in [1.807, 2.05) is 18.2 Å². The Bertz CT molecular complexity index is 374. The number of carboxylic acids is 1. The van der Waals surface area contributed by atoms with Crippen molar-refractivity contribution in [3.63, 3.8) is 0 Å². The molecule has 1 aromatic carbocycles. The lowest BCUT2D eigenvalue weighted by Crippen LogP contribution is -2.35. The zero-order chi connectivity index (χ0) is 14.8. The lowest BCUT2D eigenvalue weighted by atomic mass is 9.99. The molecule has 0 spiro atoms. The first kappa shape index (κ1) is 16.7. The Morgan fingerprint density at radius 1 is 1.20 bits per heavy atom. The van der Waals surface area contributed by atoms with Gasteiger partial charge in [0.1, 0.15) is 0 Å². The van der Waals surface area contributed by atoms with E-state index in [2.05, 4.69) is 31.3 Å². The highest BCUT2D eigenvalue weighted by atomic mass is 16.4. The maximum absolute atomic E-state index is 10.8. The molecule has 0 radical (unpaired) electrons. The number of carbonyl (C=O) groups is 1. The third kappa shape index (κ3) is 6.71. The normalized spacial score (nSPS) is 12.6. The van der Waals surface area contributed by atoms with Crippen LogP contribution in [-0.2, 0) is 11.2 Å². The summed E-state index contributed by atoms with van der Waals surface area (Å²) in [6, 6.07) is 10.5. The van der Waals surface area contributed by atoms with Gasteiger partial charge in [-0.15, -0.1) is 0 Å². The summed E-state index contributed by atoms with van der Waals surface area (Å²) in [7, 11) is 0. The number of nitrogens with one attached hydrogen (secondary N) is 1. The third-order valence-electron chi connectivity index (χ3n) is 3.88. The molecule has 0 amide bonds. The van der Waals surface area contributed by atoms with Crippen molar-refractivity contribution in [2.24, 2.45) is 5.92 Å². The predicted molar refractivity (Wildman–Crippen MR) is 82.9 cm³/mol. The third-order valence-corrected chi connectivity index (χ3v) is 3.88. The summed E-state index contributed by atoms with van der Waals surface area (Å²) in [4.78, 5) is 10.8. The fraction of sp³-hybridized carbons (Fsp3) is 0.588. The molecule has 3 heteroatoms. The van der Waals surface area contributed by atoms with Crippen molar-refractivity contribution < 1.29 is 9.90 Å². The lowest BCUT2D eigenvalue weighted by Gasteiger charge is -2.21. The van der Waals surface area contributed by atoms with Crippen molar-refractivity contribution in [3.05, 3.63) is 35.9 Å². The molecule has 0 aliphatic rings. The van der Waals surface area contributed by atoms with Crippen LogP contribution in [0.15, 0.2) is 30.3 Å². The van der Waals surface area contributed by atoms with E-state index in [0.717, 1.165) is 13.0 Å². The summed E-state index contributed by atoms with van der Waals surface area (Å²) >= 11 is 0. The molecule has 1 rings (SSSR count). The van der Waals surface area contributed by atoms with Crippen molar-refractivity contribution >= 4 is 5.97 Å². The molecule has 0 saturated carbocycles. The molecule has 3 nitrogen and oxygen atoms in total. The Labute approximate surface area is 122 Å². The number of hydrogen-bond donors (Lipinski definition) is 2. The minimum absolute atomic E-state index is 0.230. The molecule has 1 unspecified atom stereocenters. The molecule has 2 N–H and O–H groups in total. The Balaban J connectivity index is 2.53. The Hall–Kier alpha value is -1.35. The van der Waals surface area contributed by atoms with E-state index in [1.54, 1.807) is 0 Å². The standard InChI is InChI=1S/C17H27NO2/c1-3-14(4-2)13-18-16(10-11-17(19)20)12-15-8-6-5-7-9-15/h5-9,14,16,18H,3-4,10-13H2,1-2H3,(H,19,20). The fourth-order valence-electron chi connectivity index (χ4n) is 2.38. The summed E-state index contributed by atoms with van der Waals surface area (Å²) in [5.41, 5.74) is 1.26. The van der Waals surface area contributed by atoms with Crippen molar-refractivity contribution in [2.45, 2.75) is 52.0 Å². The zero-order valence-corrected chi connectivity index (χ0v) is 12.6. The van der Waals surface area contributed by atoms with Crippen LogP contribution < -0.4 is 5.32 Å². The average molecular weight is 277 g/mol. The molecule has 0 aliphatic heterocycles. The van der Waals surface area contributed by atoms with E-state index < -0.39 is 5.97 Å². The molecular weight excluding hydrogens is 250 g/mol. The second kappa shape index (κ2) is 9.54. The summed E-state index contributed by atoms with van der Waals surface area (Å²) in [5.74, 6) is -0.0366. The van der Waals surface area contributed by atoms with E-state index in [1.165, 1.54) is 18.4 Å². The topological polar surface area (TPSA) is 49.3 Å². The lowest BCUT2D eigenvalue weighted by molar-refractivity contribution is -0.137. The van der Waals surface area contributed by atoms with Gasteiger partial charge in [-0.1, -0.05) is 57.0 Å². The number of hydrogen-bond acceptors (Lipinski definition) is 2. The second-order valence-electron chi connectivity index (χ2n) is 5.41. The Kier molecular flexibility index (Phi) is 7.97. The van der Waals surface area contributed by atoms with Gasteiger partial charge in [-0.2, -0.15) is 0 Å². The second-order valence-corrected chi connectivity index (χ2v) is 5.41. The molecule has 0 bridgehead atoms. The van der Waals surface area contributed by atoms with Crippen LogP contribution in [-0.4, -0.2) is 23.7 Å². The van der Waals surface area contributed by atoms with Crippen LogP contribution in [0.25, 0.3) is 0 Å². The van der Waals surface area contributed by atoms with Gasteiger partial charge in [-0.05, 0) is 30.9 Å². The van der Waals surface area contributed by atoms with E-state index in [0.29, 0.717) is 12.3 Å². The molecule has 1 aromatic rings. The van der Waals surface area contributed by atoms with E-state index in [-0.39, 0.29) is 12.5 Å². The summed E-state index contributed by atoms with van der Waals surface area (Å²) in [5, 5.41) is 12.4. The molecule has 0 saturated heterocycles. The summed E-state index contributed by atoms with van der Waals surface area (Å²) < 4.78 is 0. The maximum Gasteiger partial charge on any atom is 0.303 e. The van der Waals surface area contributed by atoms with Gasteiger partial charge < -0.3 is 10.4 Å². The van der Waals surface area contributed by atoms with Gasteiger partial charge in [-0.3, -0.25) is 4.79 Å². The molecule has 0 aromatic heterocycles. The first-order valence-electron chi connectivity index (χ1n) is 7.64. The highest BCUT2D eigenvalue weighted by Gasteiger charge is 2.13. The van der Waals surface area contributed by atoms with Gasteiger partial charge >= 0.3 is 5.97 Å². The molecule has 20 heavy (non-hydrogen) atoms. The average Bonchev–Trinajstić information content (AvgIpc) is 2.46. The van der Waals surface area contributed by atoms with Gasteiger partial charge in [0.05, 0.1) is 0 Å². The van der Waals surface area contributed by atoms with Crippen LogP contribution in [0.4, 0.5) is 0 Å². The number of carboxylic acid groups (broad SMARTS) is 1. The molecule has 0 aliphatic carbocycles. The minimum Gasteiger partial charge on any atom is -0.481 e. The molecule has 0 fully saturated rings. The van der Waals surface area contributed by atoms with Crippen LogP contribution in [0.1, 0.15) is 45.1 Å². The van der Waals surface area contributed by atoms with Crippen molar-refractivity contribution in [2.75, 3.05) is 6.54 Å². The molecule has 0 heterocycles. The smallest absolute Gasteiger partial charge is 0.303 e. The van der Waals surface area contributed by atoms with Crippen molar-refractivity contribution in [1.29, 1.82) is 0 Å². The maximum atomic E-state index is 10.8. The SMILES string of the molecule is CCC(CC)CNC(CCC(=O)O)Cc1ccccc1. The van der Waals surface area contributed by atoms with Gasteiger partial charge in [0.15, 0.2) is 0 Å². The number of rotatable bonds is 10. The fourth-order valence-corrected chi connectivity index (χ4v) is 2.38. The van der Waals surface area contributed by atoms with Gasteiger partial charge in [-0.25, -0.2) is 0 Å². The monoisotopic (exact) mass is 277 g/mol. The van der Waals surface area contributed by atoms with E-state index in [4.69, 9.17) is 5.11 Å². The quantitative estimate of drug-likeness (QED) is 0.688. The van der Waals surface area contributed by atoms with Crippen LogP contribution in [0.2, 0.25) is 0 Å². The van der Waals surface area contributed by atoms with E-state index in [9.17, 15) is 4.79 Å². The summed E-state index contributed by atoms with van der Waals surface area (Å²) in [6.45, 7) is 5.39. The largest absolute Gasteiger partial charge is 0.481 e. The van der Waals surface area contributed by atoms with Crippen molar-refractivity contribution in [3.8, 4) is 0 Å². The van der Waals surface area contributed by atoms with E-state index >= 15 is 0 Å². The molecule has 1 atom stereocenters. The van der Waals surface area contributed by atoms with Crippen LogP contribution >= 0.6 is 0 Å². The number of benzene rings is 1. The molecule has 112 valence electrons. The van der Waals surface area contributed by atoms with Gasteiger partial charge in [0.2, 0.25) is 0 Å². The Morgan fingerprint density at radius 2 is 1.85 bits per heavy atom. The summed E-state index contributed by atoms with van der Waals surface area (Å²) in [6.07, 6.45) is 4.15. The van der Waals surface area contributed by atoms with Gasteiger partial charge in [0, 0.05) is 12.5 Å². The van der Waals surface area contributed by atoms with Crippen LogP contribution in [0.5, 0.6) is 0 Å². The predicted octanol–water partition coefficient (Wildman–Crippen LogP) is 3.49. The highest BCUT2D eigenvalue weighted by Crippen LogP contribution is 2.11. The first-order chi connectivity index (χ1) is 9.65. The molecular formula is C17H27NO2.